The van der Waals surface area contributed by atoms with Gasteiger partial charge in [0.05, 0.1) is 4.92 Å². The van der Waals surface area contributed by atoms with Gasteiger partial charge in [-0.2, -0.15) is 0 Å². The second kappa shape index (κ2) is 2.66. The van der Waals surface area contributed by atoms with Gasteiger partial charge in [-0.05, 0) is 24.0 Å². The molecule has 15 heavy (non-hydrogen) atoms. The van der Waals surface area contributed by atoms with Gasteiger partial charge in [-0.15, -0.1) is 0 Å². The second-order valence-electron chi connectivity index (χ2n) is 4.16. The van der Waals surface area contributed by atoms with Crippen LogP contribution >= 0.6 is 0 Å². The van der Waals surface area contributed by atoms with E-state index in [1.807, 2.05) is 0 Å². The van der Waals surface area contributed by atoms with E-state index in [2.05, 4.69) is 0 Å². The highest BCUT2D eigenvalue weighted by atomic mass is 16.6. The van der Waals surface area contributed by atoms with Crippen molar-refractivity contribution in [2.75, 3.05) is 0 Å². The molecule has 1 aromatic rings. The first kappa shape index (κ1) is 8.59. The van der Waals surface area contributed by atoms with Crippen LogP contribution in [0.2, 0.25) is 0 Å². The largest absolute Gasteiger partial charge is 0.298 e. The number of hydrogen-bond acceptors (Lipinski definition) is 3. The first-order chi connectivity index (χ1) is 7.18. The molecule has 0 radical (unpaired) electrons. The SMILES string of the molecule is O=C1C2CCC1c1cc([N+](=O)[O-])ccc12. The third-order valence-corrected chi connectivity index (χ3v) is 3.46. The molecule has 1 fully saturated rings. The van der Waals surface area contributed by atoms with Crippen LogP contribution in [0, 0.1) is 10.1 Å². The van der Waals surface area contributed by atoms with Crippen molar-refractivity contribution in [3.05, 3.63) is 39.4 Å². The zero-order valence-electron chi connectivity index (χ0n) is 7.97. The van der Waals surface area contributed by atoms with Crippen molar-refractivity contribution in [3.8, 4) is 0 Å². The molecule has 0 saturated heterocycles. The zero-order chi connectivity index (χ0) is 10.6. The van der Waals surface area contributed by atoms with Crippen molar-refractivity contribution in [3.63, 3.8) is 0 Å². The van der Waals surface area contributed by atoms with E-state index in [0.29, 0.717) is 0 Å². The lowest BCUT2D eigenvalue weighted by Crippen LogP contribution is -1.99. The number of non-ortho nitro benzene ring substituents is 1. The van der Waals surface area contributed by atoms with Gasteiger partial charge in [-0.25, -0.2) is 0 Å². The van der Waals surface area contributed by atoms with Gasteiger partial charge in [0.1, 0.15) is 5.78 Å². The van der Waals surface area contributed by atoms with Crippen LogP contribution in [0.3, 0.4) is 0 Å². The number of nitro groups is 1. The van der Waals surface area contributed by atoms with E-state index in [-0.39, 0.29) is 23.3 Å². The van der Waals surface area contributed by atoms with Crippen LogP contribution in [0.1, 0.15) is 35.8 Å². The van der Waals surface area contributed by atoms with Crippen molar-refractivity contribution in [1.82, 2.24) is 0 Å². The van der Waals surface area contributed by atoms with E-state index in [0.717, 1.165) is 24.0 Å². The number of rotatable bonds is 1. The summed E-state index contributed by atoms with van der Waals surface area (Å²) in [4.78, 5) is 21.9. The number of nitro benzene ring substituents is 1. The molecule has 1 saturated carbocycles. The van der Waals surface area contributed by atoms with Crippen LogP contribution in [0.25, 0.3) is 0 Å². The maximum atomic E-state index is 11.7. The van der Waals surface area contributed by atoms with Crippen LogP contribution in [-0.2, 0) is 4.79 Å². The Kier molecular flexibility index (Phi) is 1.52. The Labute approximate surface area is 86.1 Å². The number of Topliss-reactive ketones (excluding diaryl/α,β-unsaturated/α-hetero) is 1. The average Bonchev–Trinajstić information content (AvgIpc) is 2.72. The summed E-state index contributed by atoms with van der Waals surface area (Å²) in [7, 11) is 0. The summed E-state index contributed by atoms with van der Waals surface area (Å²) in [5.41, 5.74) is 2.00. The highest BCUT2D eigenvalue weighted by Gasteiger charge is 2.45. The van der Waals surface area contributed by atoms with Gasteiger partial charge in [0.2, 0.25) is 0 Å². The van der Waals surface area contributed by atoms with Gasteiger partial charge >= 0.3 is 0 Å². The number of benzene rings is 1. The Bertz CT molecular complexity index is 481. The molecule has 2 atom stereocenters. The maximum absolute atomic E-state index is 11.7. The van der Waals surface area contributed by atoms with Gasteiger partial charge in [0.25, 0.3) is 5.69 Å². The van der Waals surface area contributed by atoms with E-state index in [1.165, 1.54) is 6.07 Å². The molecule has 0 aliphatic heterocycles. The molecular weight excluding hydrogens is 194 g/mol. The molecule has 0 aromatic heterocycles. The molecular formula is C11H9NO3. The fourth-order valence-corrected chi connectivity index (χ4v) is 2.77. The van der Waals surface area contributed by atoms with Crippen LogP contribution in [-0.4, -0.2) is 10.7 Å². The molecule has 2 aliphatic carbocycles. The number of hydrogen-bond donors (Lipinski definition) is 0. The number of fused-ring (bicyclic) bond motifs is 5. The smallest absolute Gasteiger partial charge is 0.269 e. The van der Waals surface area contributed by atoms with Gasteiger partial charge < -0.3 is 0 Å². The summed E-state index contributed by atoms with van der Waals surface area (Å²) >= 11 is 0. The normalized spacial score (nSPS) is 26.8. The first-order valence-corrected chi connectivity index (χ1v) is 5.00. The minimum atomic E-state index is -0.406. The molecule has 0 amide bonds. The van der Waals surface area contributed by atoms with Gasteiger partial charge in [0.15, 0.2) is 0 Å². The Balaban J connectivity index is 2.16. The highest BCUT2D eigenvalue weighted by molar-refractivity contribution is 5.98. The molecule has 3 rings (SSSR count). The quantitative estimate of drug-likeness (QED) is 0.519. The molecule has 2 unspecified atom stereocenters. The van der Waals surface area contributed by atoms with Crippen molar-refractivity contribution in [2.45, 2.75) is 24.7 Å². The number of carbonyl (C=O) groups is 1. The summed E-state index contributed by atoms with van der Waals surface area (Å²) in [6, 6.07) is 4.80. The standard InChI is InChI=1S/C11H9NO3/c13-11-8-3-4-9(11)10-5-6(12(14)15)1-2-7(8)10/h1-2,5,8-9H,3-4H2. The van der Waals surface area contributed by atoms with Crippen LogP contribution in [0.5, 0.6) is 0 Å². The first-order valence-electron chi connectivity index (χ1n) is 5.00. The molecule has 1 aromatic carbocycles. The minimum absolute atomic E-state index is 0.0193. The van der Waals surface area contributed by atoms with Crippen LogP contribution in [0.15, 0.2) is 18.2 Å². The summed E-state index contributed by atoms with van der Waals surface area (Å²) in [6.45, 7) is 0. The van der Waals surface area contributed by atoms with Crippen molar-refractivity contribution >= 4 is 11.5 Å². The molecule has 0 N–H and O–H groups in total. The molecule has 4 heteroatoms. The second-order valence-corrected chi connectivity index (χ2v) is 4.16. The Hall–Kier alpha value is -1.71. The van der Waals surface area contributed by atoms with E-state index < -0.39 is 4.92 Å². The van der Waals surface area contributed by atoms with Gasteiger partial charge in [-0.3, -0.25) is 14.9 Å². The van der Waals surface area contributed by atoms with Crippen molar-refractivity contribution in [2.24, 2.45) is 0 Å². The fourth-order valence-electron chi connectivity index (χ4n) is 2.77. The molecule has 4 nitrogen and oxygen atoms in total. The number of nitrogens with zero attached hydrogens (tertiary/aromatic N) is 1. The van der Waals surface area contributed by atoms with Gasteiger partial charge in [0, 0.05) is 24.0 Å². The number of ketones is 1. The molecule has 2 aliphatic rings. The van der Waals surface area contributed by atoms with E-state index in [4.69, 9.17) is 0 Å². The Morgan fingerprint density at radius 3 is 2.53 bits per heavy atom. The Morgan fingerprint density at radius 1 is 1.20 bits per heavy atom. The topological polar surface area (TPSA) is 60.2 Å². The average molecular weight is 203 g/mol. The van der Waals surface area contributed by atoms with Crippen LogP contribution < -0.4 is 0 Å². The van der Waals surface area contributed by atoms with Crippen molar-refractivity contribution < 1.29 is 9.72 Å². The summed E-state index contributed by atoms with van der Waals surface area (Å²) in [6.07, 6.45) is 1.77. The molecule has 76 valence electrons. The lowest BCUT2D eigenvalue weighted by Gasteiger charge is -2.11. The van der Waals surface area contributed by atoms with Gasteiger partial charge in [-0.1, -0.05) is 6.07 Å². The number of carbonyl (C=O) groups excluding carboxylic acids is 1. The fraction of sp³-hybridized carbons (Fsp3) is 0.364. The predicted molar refractivity (Wildman–Crippen MR) is 52.8 cm³/mol. The lowest BCUT2D eigenvalue weighted by atomic mass is 9.91. The van der Waals surface area contributed by atoms with E-state index in [1.54, 1.807) is 12.1 Å². The molecule has 0 spiro atoms. The summed E-state index contributed by atoms with van der Waals surface area (Å²) in [5, 5.41) is 10.6. The van der Waals surface area contributed by atoms with Crippen molar-refractivity contribution in [1.29, 1.82) is 0 Å². The predicted octanol–water partition coefficient (Wildman–Crippen LogP) is 2.14. The lowest BCUT2D eigenvalue weighted by molar-refractivity contribution is -0.384. The molecule has 0 heterocycles. The Morgan fingerprint density at radius 2 is 1.87 bits per heavy atom. The van der Waals surface area contributed by atoms with Crippen LogP contribution in [0.4, 0.5) is 5.69 Å². The summed E-state index contributed by atoms with van der Waals surface area (Å²) < 4.78 is 0. The maximum Gasteiger partial charge on any atom is 0.269 e. The minimum Gasteiger partial charge on any atom is -0.298 e. The van der Waals surface area contributed by atoms with E-state index in [9.17, 15) is 14.9 Å². The third-order valence-electron chi connectivity index (χ3n) is 3.46. The monoisotopic (exact) mass is 203 g/mol. The molecule has 2 bridgehead atoms. The third kappa shape index (κ3) is 0.988. The van der Waals surface area contributed by atoms with E-state index >= 15 is 0 Å². The summed E-state index contributed by atoms with van der Waals surface area (Å²) in [5.74, 6) is 0.209. The zero-order valence-corrected chi connectivity index (χ0v) is 7.97. The highest BCUT2D eigenvalue weighted by Crippen LogP contribution is 2.50.